The summed E-state index contributed by atoms with van der Waals surface area (Å²) >= 11 is 0. The molecule has 0 aliphatic heterocycles. The molecule has 1 aromatic heterocycles. The van der Waals surface area contributed by atoms with Gasteiger partial charge >= 0.3 is 0 Å². The molecule has 0 atom stereocenters. The van der Waals surface area contributed by atoms with Gasteiger partial charge in [0, 0.05) is 22.1 Å². The van der Waals surface area contributed by atoms with Gasteiger partial charge in [0.05, 0.1) is 0 Å². The molecule has 0 bridgehead atoms. The number of nitrogens with zero attached hydrogens (tertiary/aromatic N) is 3. The molecule has 0 aliphatic rings. The molecule has 0 unspecified atom stereocenters. The van der Waals surface area contributed by atoms with Crippen LogP contribution in [0.5, 0.6) is 0 Å². The average molecular weight is 624 g/mol. The minimum Gasteiger partial charge on any atom is -0.208 e. The summed E-state index contributed by atoms with van der Waals surface area (Å²) in [5.41, 5.74) is 10.2. The Labute approximate surface area is 285 Å². The SMILES string of the molecule is C=C/C=C(\C=C/C)c1nc(-c2ccccc2)nc(-c2ccc(C(CC)(CC)c3ccc(-c4ccc(-c5ccccc5)cc4)cc3)cc2)n1. The van der Waals surface area contributed by atoms with Crippen molar-refractivity contribution in [3.05, 3.63) is 181 Å². The average Bonchev–Trinajstić information content (AvgIpc) is 3.16. The third-order valence-corrected chi connectivity index (χ3v) is 9.23. The van der Waals surface area contributed by atoms with Gasteiger partial charge in [-0.2, -0.15) is 0 Å². The Kier molecular flexibility index (Phi) is 9.97. The van der Waals surface area contributed by atoms with Crippen molar-refractivity contribution in [2.75, 3.05) is 0 Å². The van der Waals surface area contributed by atoms with Gasteiger partial charge in [-0.05, 0) is 53.1 Å². The van der Waals surface area contributed by atoms with Crippen molar-refractivity contribution in [1.29, 1.82) is 0 Å². The van der Waals surface area contributed by atoms with E-state index in [2.05, 4.69) is 124 Å². The summed E-state index contributed by atoms with van der Waals surface area (Å²) in [6.07, 6.45) is 9.65. The lowest BCUT2D eigenvalue weighted by atomic mass is 9.70. The highest BCUT2D eigenvalue weighted by Crippen LogP contribution is 2.40. The Morgan fingerprint density at radius 2 is 0.938 bits per heavy atom. The second kappa shape index (κ2) is 14.8. The Balaban J connectivity index is 1.32. The summed E-state index contributed by atoms with van der Waals surface area (Å²) in [6, 6.07) is 47.4. The summed E-state index contributed by atoms with van der Waals surface area (Å²) in [5.74, 6) is 1.91. The fraction of sp³-hybridized carbons (Fsp3) is 0.133. The van der Waals surface area contributed by atoms with Gasteiger partial charge in [-0.1, -0.05) is 178 Å². The van der Waals surface area contributed by atoms with Crippen LogP contribution in [0.25, 0.3) is 50.6 Å². The molecule has 0 radical (unpaired) electrons. The van der Waals surface area contributed by atoms with E-state index >= 15 is 0 Å². The molecule has 0 amide bonds. The maximum absolute atomic E-state index is 4.93. The van der Waals surface area contributed by atoms with Crippen molar-refractivity contribution in [3.8, 4) is 45.0 Å². The van der Waals surface area contributed by atoms with Gasteiger partial charge in [-0.15, -0.1) is 0 Å². The molecule has 0 N–H and O–H groups in total. The van der Waals surface area contributed by atoms with Crippen LogP contribution in [0.4, 0.5) is 0 Å². The fourth-order valence-electron chi connectivity index (χ4n) is 6.50. The number of hydrogen-bond donors (Lipinski definition) is 0. The molecular weight excluding hydrogens is 583 g/mol. The summed E-state index contributed by atoms with van der Waals surface area (Å²) in [6.45, 7) is 10.5. The molecule has 0 saturated heterocycles. The molecule has 0 aliphatic carbocycles. The lowest BCUT2D eigenvalue weighted by molar-refractivity contribution is 0.478. The Bertz CT molecular complexity index is 2020. The molecule has 6 aromatic rings. The second-order valence-corrected chi connectivity index (χ2v) is 11.9. The predicted octanol–water partition coefficient (Wildman–Crippen LogP) is 11.8. The molecule has 48 heavy (non-hydrogen) atoms. The smallest absolute Gasteiger partial charge is 0.164 e. The monoisotopic (exact) mass is 623 g/mol. The first-order chi connectivity index (χ1) is 23.6. The van der Waals surface area contributed by atoms with Gasteiger partial charge in [0.2, 0.25) is 0 Å². The minimum absolute atomic E-state index is 0.112. The van der Waals surface area contributed by atoms with E-state index in [4.69, 9.17) is 15.0 Å². The van der Waals surface area contributed by atoms with Crippen LogP contribution in [0.3, 0.4) is 0 Å². The zero-order valence-electron chi connectivity index (χ0n) is 28.0. The third-order valence-electron chi connectivity index (χ3n) is 9.23. The van der Waals surface area contributed by atoms with Crippen LogP contribution in [0, 0.1) is 0 Å². The maximum atomic E-state index is 4.93. The summed E-state index contributed by atoms with van der Waals surface area (Å²) in [4.78, 5) is 14.7. The van der Waals surface area contributed by atoms with Crippen molar-refractivity contribution < 1.29 is 0 Å². The molecule has 3 nitrogen and oxygen atoms in total. The van der Waals surface area contributed by atoms with E-state index in [0.29, 0.717) is 17.5 Å². The number of allylic oxidation sites excluding steroid dienone is 5. The summed E-state index contributed by atoms with van der Waals surface area (Å²) < 4.78 is 0. The minimum atomic E-state index is -0.112. The fourth-order valence-corrected chi connectivity index (χ4v) is 6.50. The lowest BCUT2D eigenvalue weighted by Gasteiger charge is -2.33. The largest absolute Gasteiger partial charge is 0.208 e. The first-order valence-corrected chi connectivity index (χ1v) is 16.7. The molecule has 3 heteroatoms. The molecule has 0 saturated carbocycles. The van der Waals surface area contributed by atoms with E-state index in [9.17, 15) is 0 Å². The van der Waals surface area contributed by atoms with Gasteiger partial charge in [-0.25, -0.2) is 15.0 Å². The molecule has 5 aromatic carbocycles. The van der Waals surface area contributed by atoms with Crippen LogP contribution in [0.15, 0.2) is 164 Å². The van der Waals surface area contributed by atoms with Crippen molar-refractivity contribution in [2.45, 2.75) is 39.0 Å². The number of hydrogen-bond acceptors (Lipinski definition) is 3. The second-order valence-electron chi connectivity index (χ2n) is 11.9. The van der Waals surface area contributed by atoms with Crippen LogP contribution in [-0.2, 0) is 5.41 Å². The first-order valence-electron chi connectivity index (χ1n) is 16.7. The molecule has 0 fully saturated rings. The van der Waals surface area contributed by atoms with Crippen LogP contribution in [0.1, 0.15) is 50.6 Å². The van der Waals surface area contributed by atoms with E-state index in [-0.39, 0.29) is 5.41 Å². The van der Waals surface area contributed by atoms with Gasteiger partial charge < -0.3 is 0 Å². The zero-order valence-corrected chi connectivity index (χ0v) is 28.0. The molecule has 1 heterocycles. The predicted molar refractivity (Wildman–Crippen MR) is 202 cm³/mol. The molecular formula is C45H41N3. The topological polar surface area (TPSA) is 38.7 Å². The van der Waals surface area contributed by atoms with E-state index in [1.807, 2.05) is 55.5 Å². The quantitative estimate of drug-likeness (QED) is 0.135. The number of aromatic nitrogens is 3. The zero-order chi connectivity index (χ0) is 33.3. The Hall–Kier alpha value is -5.67. The van der Waals surface area contributed by atoms with Gasteiger partial charge in [-0.3, -0.25) is 0 Å². The first kappa shape index (κ1) is 32.3. The van der Waals surface area contributed by atoms with Crippen LogP contribution in [-0.4, -0.2) is 15.0 Å². The van der Waals surface area contributed by atoms with Gasteiger partial charge in [0.15, 0.2) is 17.5 Å². The van der Waals surface area contributed by atoms with Crippen molar-refractivity contribution in [2.24, 2.45) is 0 Å². The summed E-state index contributed by atoms with van der Waals surface area (Å²) in [5, 5.41) is 0. The van der Waals surface area contributed by atoms with Crippen LogP contribution in [0.2, 0.25) is 0 Å². The maximum Gasteiger partial charge on any atom is 0.164 e. The van der Waals surface area contributed by atoms with E-state index in [0.717, 1.165) is 29.5 Å². The van der Waals surface area contributed by atoms with Crippen molar-refractivity contribution >= 4 is 5.57 Å². The van der Waals surface area contributed by atoms with Crippen molar-refractivity contribution in [1.82, 2.24) is 15.0 Å². The van der Waals surface area contributed by atoms with Gasteiger partial charge in [0.1, 0.15) is 0 Å². The van der Waals surface area contributed by atoms with Crippen LogP contribution < -0.4 is 0 Å². The number of benzene rings is 5. The Morgan fingerprint density at radius 3 is 1.38 bits per heavy atom. The molecule has 236 valence electrons. The normalized spacial score (nSPS) is 11.9. The van der Waals surface area contributed by atoms with E-state index in [1.54, 1.807) is 6.08 Å². The van der Waals surface area contributed by atoms with Crippen molar-refractivity contribution in [3.63, 3.8) is 0 Å². The number of rotatable bonds is 11. The van der Waals surface area contributed by atoms with E-state index < -0.39 is 0 Å². The van der Waals surface area contributed by atoms with Crippen LogP contribution >= 0.6 is 0 Å². The standard InChI is InChI=1S/C45H41N3/c1-5-15-37(16-6-2)42-46-43(38-19-13-10-14-20-38)48-44(47-42)39-27-31-41(32-28-39)45(7-3,8-4)40-29-25-36(26-30-40)35-23-21-34(22-24-35)33-17-11-9-12-18-33/h5-6,9-32H,1,7-8H2,2-4H3/b16-6-,37-15+. The lowest BCUT2D eigenvalue weighted by Crippen LogP contribution is -2.26. The Morgan fingerprint density at radius 1 is 0.542 bits per heavy atom. The van der Waals surface area contributed by atoms with E-state index in [1.165, 1.54) is 33.4 Å². The molecule has 6 rings (SSSR count). The van der Waals surface area contributed by atoms with Gasteiger partial charge in [0.25, 0.3) is 0 Å². The highest BCUT2D eigenvalue weighted by atomic mass is 15.0. The highest BCUT2D eigenvalue weighted by Gasteiger charge is 2.30. The third kappa shape index (κ3) is 6.72. The highest BCUT2D eigenvalue weighted by molar-refractivity contribution is 5.74. The summed E-state index contributed by atoms with van der Waals surface area (Å²) in [7, 11) is 0. The molecule has 0 spiro atoms.